The lowest BCUT2D eigenvalue weighted by molar-refractivity contribution is 0.0968. The molecular formula is C16H25NO. The Morgan fingerprint density at radius 2 is 1.78 bits per heavy atom. The Bertz CT molecular complexity index is 367. The number of aryl methyl sites for hydroxylation is 1. The molecule has 0 aliphatic rings. The predicted octanol–water partition coefficient (Wildman–Crippen LogP) is 3.55. The first-order chi connectivity index (χ1) is 8.49. The maximum atomic E-state index is 12.0. The van der Waals surface area contributed by atoms with Gasteiger partial charge in [0.25, 0.3) is 0 Å². The van der Waals surface area contributed by atoms with Gasteiger partial charge in [0.1, 0.15) is 0 Å². The third kappa shape index (κ3) is 5.46. The van der Waals surface area contributed by atoms with Gasteiger partial charge in [0.2, 0.25) is 0 Å². The number of hydrogen-bond donors (Lipinski definition) is 0. The summed E-state index contributed by atoms with van der Waals surface area (Å²) in [5, 5.41) is 0. The number of hydrogen-bond acceptors (Lipinski definition) is 2. The first kappa shape index (κ1) is 14.9. The van der Waals surface area contributed by atoms with Gasteiger partial charge in [-0.3, -0.25) is 4.79 Å². The van der Waals surface area contributed by atoms with E-state index < -0.39 is 0 Å². The van der Waals surface area contributed by atoms with E-state index in [1.807, 2.05) is 31.2 Å². The fourth-order valence-electron chi connectivity index (χ4n) is 1.77. The monoisotopic (exact) mass is 247 g/mol. The van der Waals surface area contributed by atoms with E-state index in [2.05, 4.69) is 25.8 Å². The summed E-state index contributed by atoms with van der Waals surface area (Å²) in [5.74, 6) is 0.964. The van der Waals surface area contributed by atoms with Crippen molar-refractivity contribution in [3.8, 4) is 0 Å². The minimum Gasteiger partial charge on any atom is -0.306 e. The molecule has 2 nitrogen and oxygen atoms in total. The van der Waals surface area contributed by atoms with Crippen LogP contribution in [-0.2, 0) is 0 Å². The van der Waals surface area contributed by atoms with Crippen LogP contribution in [0.2, 0.25) is 0 Å². The number of rotatable bonds is 7. The van der Waals surface area contributed by atoms with Crippen LogP contribution in [0.25, 0.3) is 0 Å². The van der Waals surface area contributed by atoms with Crippen LogP contribution in [0.1, 0.15) is 42.6 Å². The molecule has 0 fully saturated rings. The molecule has 0 atom stereocenters. The predicted molar refractivity (Wildman–Crippen MR) is 77.1 cm³/mol. The second-order valence-corrected chi connectivity index (χ2v) is 5.52. The van der Waals surface area contributed by atoms with Crippen LogP contribution < -0.4 is 0 Å². The molecule has 0 aliphatic carbocycles. The smallest absolute Gasteiger partial charge is 0.164 e. The number of ketones is 1. The molecule has 0 heterocycles. The van der Waals surface area contributed by atoms with E-state index in [4.69, 9.17) is 0 Å². The van der Waals surface area contributed by atoms with Gasteiger partial charge in [-0.2, -0.15) is 0 Å². The minimum absolute atomic E-state index is 0.242. The van der Waals surface area contributed by atoms with Gasteiger partial charge in [0.15, 0.2) is 5.78 Å². The van der Waals surface area contributed by atoms with Crippen molar-refractivity contribution in [2.24, 2.45) is 5.92 Å². The summed E-state index contributed by atoms with van der Waals surface area (Å²) < 4.78 is 0. The molecule has 0 amide bonds. The summed E-state index contributed by atoms with van der Waals surface area (Å²) in [7, 11) is 2.09. The molecule has 0 aromatic heterocycles. The standard InChI is InChI=1S/C16H25NO/c1-13(2)9-11-17(4)12-10-16(18)15-7-5-14(3)6-8-15/h5-8,13H,9-12H2,1-4H3. The molecule has 18 heavy (non-hydrogen) atoms. The molecule has 0 saturated carbocycles. The van der Waals surface area contributed by atoms with E-state index in [1.54, 1.807) is 0 Å². The molecule has 1 aromatic carbocycles. The largest absolute Gasteiger partial charge is 0.306 e. The molecule has 0 saturated heterocycles. The Hall–Kier alpha value is -1.15. The highest BCUT2D eigenvalue weighted by atomic mass is 16.1. The lowest BCUT2D eigenvalue weighted by Gasteiger charge is -2.17. The van der Waals surface area contributed by atoms with Crippen LogP contribution in [-0.4, -0.2) is 30.8 Å². The molecule has 0 radical (unpaired) electrons. The average Bonchev–Trinajstić information content (AvgIpc) is 2.34. The lowest BCUT2D eigenvalue weighted by atomic mass is 10.1. The Morgan fingerprint density at radius 1 is 1.17 bits per heavy atom. The zero-order chi connectivity index (χ0) is 13.5. The molecule has 1 aromatic rings. The summed E-state index contributed by atoms with van der Waals surface area (Å²) in [6, 6.07) is 7.84. The van der Waals surface area contributed by atoms with Gasteiger partial charge >= 0.3 is 0 Å². The maximum absolute atomic E-state index is 12.0. The fourth-order valence-corrected chi connectivity index (χ4v) is 1.77. The second-order valence-electron chi connectivity index (χ2n) is 5.52. The Kier molecular flexibility index (Phi) is 6.06. The van der Waals surface area contributed by atoms with E-state index in [0.717, 1.165) is 24.6 Å². The first-order valence-electron chi connectivity index (χ1n) is 6.77. The van der Waals surface area contributed by atoms with Crippen LogP contribution in [0, 0.1) is 12.8 Å². The van der Waals surface area contributed by atoms with E-state index in [1.165, 1.54) is 12.0 Å². The third-order valence-electron chi connectivity index (χ3n) is 3.18. The van der Waals surface area contributed by atoms with Crippen molar-refractivity contribution < 1.29 is 4.79 Å². The number of carbonyl (C=O) groups is 1. The first-order valence-corrected chi connectivity index (χ1v) is 6.77. The van der Waals surface area contributed by atoms with Crippen molar-refractivity contribution in [3.63, 3.8) is 0 Å². The van der Waals surface area contributed by atoms with E-state index in [9.17, 15) is 4.79 Å². The van der Waals surface area contributed by atoms with Gasteiger partial charge in [-0.25, -0.2) is 0 Å². The molecule has 0 bridgehead atoms. The van der Waals surface area contributed by atoms with Gasteiger partial charge in [-0.05, 0) is 32.9 Å². The maximum Gasteiger partial charge on any atom is 0.164 e. The van der Waals surface area contributed by atoms with Crippen LogP contribution in [0.15, 0.2) is 24.3 Å². The van der Waals surface area contributed by atoms with Crippen LogP contribution >= 0.6 is 0 Å². The Labute approximate surface area is 111 Å². The Morgan fingerprint density at radius 3 is 2.33 bits per heavy atom. The third-order valence-corrected chi connectivity index (χ3v) is 3.18. The molecule has 0 unspecified atom stereocenters. The quantitative estimate of drug-likeness (QED) is 0.687. The molecule has 2 heteroatoms. The van der Waals surface area contributed by atoms with E-state index >= 15 is 0 Å². The lowest BCUT2D eigenvalue weighted by Crippen LogP contribution is -2.24. The van der Waals surface area contributed by atoms with Crippen molar-refractivity contribution in [1.82, 2.24) is 4.90 Å². The summed E-state index contributed by atoms with van der Waals surface area (Å²) in [6.45, 7) is 8.41. The zero-order valence-corrected chi connectivity index (χ0v) is 12.1. The molecule has 0 N–H and O–H groups in total. The SMILES string of the molecule is Cc1ccc(C(=O)CCN(C)CCC(C)C)cc1. The van der Waals surface area contributed by atoms with Crippen molar-refractivity contribution in [2.45, 2.75) is 33.6 Å². The number of Topliss-reactive ketones (excluding diaryl/α,β-unsaturated/α-hetero) is 1. The van der Waals surface area contributed by atoms with Crippen molar-refractivity contribution >= 4 is 5.78 Å². The van der Waals surface area contributed by atoms with Gasteiger partial charge in [0.05, 0.1) is 0 Å². The van der Waals surface area contributed by atoms with Gasteiger partial charge in [-0.1, -0.05) is 43.7 Å². The highest BCUT2D eigenvalue weighted by molar-refractivity contribution is 5.96. The van der Waals surface area contributed by atoms with Gasteiger partial charge in [0, 0.05) is 18.5 Å². The average molecular weight is 247 g/mol. The van der Waals surface area contributed by atoms with Gasteiger partial charge < -0.3 is 4.90 Å². The molecule has 0 spiro atoms. The fraction of sp³-hybridized carbons (Fsp3) is 0.562. The second kappa shape index (κ2) is 7.32. The number of benzene rings is 1. The molecule has 0 aliphatic heterocycles. The van der Waals surface area contributed by atoms with Crippen LogP contribution in [0.4, 0.5) is 0 Å². The molecular weight excluding hydrogens is 222 g/mol. The highest BCUT2D eigenvalue weighted by Crippen LogP contribution is 2.07. The van der Waals surface area contributed by atoms with Crippen molar-refractivity contribution in [3.05, 3.63) is 35.4 Å². The summed E-state index contributed by atoms with van der Waals surface area (Å²) in [6.07, 6.45) is 1.80. The minimum atomic E-state index is 0.242. The normalized spacial score (nSPS) is 11.2. The topological polar surface area (TPSA) is 20.3 Å². The molecule has 1 rings (SSSR count). The zero-order valence-electron chi connectivity index (χ0n) is 12.1. The summed E-state index contributed by atoms with van der Waals surface area (Å²) in [4.78, 5) is 14.2. The van der Waals surface area contributed by atoms with Crippen molar-refractivity contribution in [1.29, 1.82) is 0 Å². The molecule has 100 valence electrons. The van der Waals surface area contributed by atoms with Gasteiger partial charge in [-0.15, -0.1) is 0 Å². The summed E-state index contributed by atoms with van der Waals surface area (Å²) in [5.41, 5.74) is 2.03. The highest BCUT2D eigenvalue weighted by Gasteiger charge is 2.07. The van der Waals surface area contributed by atoms with E-state index in [0.29, 0.717) is 6.42 Å². The van der Waals surface area contributed by atoms with Crippen LogP contribution in [0.3, 0.4) is 0 Å². The van der Waals surface area contributed by atoms with Crippen molar-refractivity contribution in [2.75, 3.05) is 20.1 Å². The Balaban J connectivity index is 2.34. The van der Waals surface area contributed by atoms with Crippen LogP contribution in [0.5, 0.6) is 0 Å². The summed E-state index contributed by atoms with van der Waals surface area (Å²) >= 11 is 0. The number of nitrogens with zero attached hydrogens (tertiary/aromatic N) is 1. The van der Waals surface area contributed by atoms with E-state index in [-0.39, 0.29) is 5.78 Å². The number of carbonyl (C=O) groups excluding carboxylic acids is 1.